The van der Waals surface area contributed by atoms with Gasteiger partial charge in [0.05, 0.1) is 11.6 Å². The lowest BCUT2D eigenvalue weighted by atomic mass is 9.96. The summed E-state index contributed by atoms with van der Waals surface area (Å²) in [6, 6.07) is 11.3. The number of hydrogen-bond donors (Lipinski definition) is 2. The van der Waals surface area contributed by atoms with Gasteiger partial charge in [-0.25, -0.2) is 0 Å². The highest BCUT2D eigenvalue weighted by molar-refractivity contribution is 5.96. The van der Waals surface area contributed by atoms with E-state index in [1.54, 1.807) is 23.4 Å². The standard InChI is InChI=1S/C23H25N5O2/c1-15-5-3-7-19(16(15)2)25-22(29)18-6-4-12-28(14-18)23(30)21-13-20(26-27-21)17-8-10-24-11-9-17/h3,5,7-11,13,18H,4,6,12,14H2,1-2H3,(H,25,29)(H,26,27). The molecule has 1 fully saturated rings. The van der Waals surface area contributed by atoms with Gasteiger partial charge in [0.15, 0.2) is 0 Å². The van der Waals surface area contributed by atoms with Crippen LogP contribution >= 0.6 is 0 Å². The van der Waals surface area contributed by atoms with Crippen LogP contribution in [0.5, 0.6) is 0 Å². The number of carbonyl (C=O) groups excluding carboxylic acids is 2. The summed E-state index contributed by atoms with van der Waals surface area (Å²) in [5.74, 6) is -0.402. The van der Waals surface area contributed by atoms with Crippen LogP contribution in [0.1, 0.15) is 34.5 Å². The first-order valence-electron chi connectivity index (χ1n) is 10.1. The number of piperidine rings is 1. The number of aryl methyl sites for hydroxylation is 1. The minimum Gasteiger partial charge on any atom is -0.337 e. The Morgan fingerprint density at radius 1 is 1.17 bits per heavy atom. The molecule has 4 rings (SSSR count). The van der Waals surface area contributed by atoms with E-state index in [4.69, 9.17) is 0 Å². The average molecular weight is 403 g/mol. The first-order chi connectivity index (χ1) is 14.5. The molecule has 7 heteroatoms. The molecular weight excluding hydrogens is 378 g/mol. The first kappa shape index (κ1) is 19.8. The largest absolute Gasteiger partial charge is 0.337 e. The number of anilines is 1. The lowest BCUT2D eigenvalue weighted by molar-refractivity contribution is -0.121. The maximum absolute atomic E-state index is 13.0. The van der Waals surface area contributed by atoms with Gasteiger partial charge in [0, 0.05) is 36.7 Å². The van der Waals surface area contributed by atoms with Crippen molar-refractivity contribution in [2.45, 2.75) is 26.7 Å². The lowest BCUT2D eigenvalue weighted by Gasteiger charge is -2.31. The van der Waals surface area contributed by atoms with E-state index in [1.807, 2.05) is 44.2 Å². The predicted octanol–water partition coefficient (Wildman–Crippen LogP) is 3.58. The molecule has 1 aromatic carbocycles. The molecule has 0 saturated carbocycles. The Kier molecular flexibility index (Phi) is 5.61. The lowest BCUT2D eigenvalue weighted by Crippen LogP contribution is -2.44. The molecule has 0 bridgehead atoms. The average Bonchev–Trinajstić information content (AvgIpc) is 3.27. The molecule has 2 amide bonds. The van der Waals surface area contributed by atoms with Crippen molar-refractivity contribution in [3.8, 4) is 11.3 Å². The van der Waals surface area contributed by atoms with Crippen molar-refractivity contribution in [3.63, 3.8) is 0 Å². The van der Waals surface area contributed by atoms with Crippen molar-refractivity contribution in [2.75, 3.05) is 18.4 Å². The smallest absolute Gasteiger partial charge is 0.271 e. The molecule has 7 nitrogen and oxygen atoms in total. The quantitative estimate of drug-likeness (QED) is 0.697. The molecule has 1 aliphatic rings. The van der Waals surface area contributed by atoms with E-state index in [9.17, 15) is 9.59 Å². The number of aromatic amines is 1. The number of amides is 2. The minimum atomic E-state index is -0.231. The molecule has 30 heavy (non-hydrogen) atoms. The first-order valence-corrected chi connectivity index (χ1v) is 10.1. The molecule has 2 N–H and O–H groups in total. The van der Waals surface area contributed by atoms with E-state index >= 15 is 0 Å². The third kappa shape index (κ3) is 4.10. The van der Waals surface area contributed by atoms with Crippen molar-refractivity contribution in [1.29, 1.82) is 0 Å². The van der Waals surface area contributed by atoms with Gasteiger partial charge < -0.3 is 10.2 Å². The molecule has 0 radical (unpaired) electrons. The van der Waals surface area contributed by atoms with Crippen LogP contribution in [-0.2, 0) is 4.79 Å². The number of carbonyl (C=O) groups is 2. The van der Waals surface area contributed by atoms with Gasteiger partial charge in [0.1, 0.15) is 5.69 Å². The van der Waals surface area contributed by atoms with Gasteiger partial charge in [-0.05, 0) is 62.1 Å². The second-order valence-corrected chi connectivity index (χ2v) is 7.73. The molecule has 1 unspecified atom stereocenters. The van der Waals surface area contributed by atoms with E-state index in [0.717, 1.165) is 35.2 Å². The SMILES string of the molecule is Cc1cccc(NC(=O)C2CCCN(C(=O)c3cc(-c4ccncc4)n[nH]3)C2)c1C. The van der Waals surface area contributed by atoms with Gasteiger partial charge in [-0.15, -0.1) is 0 Å². The zero-order chi connectivity index (χ0) is 21.1. The number of nitrogens with one attached hydrogen (secondary N) is 2. The fraction of sp³-hybridized carbons (Fsp3) is 0.304. The Morgan fingerprint density at radius 2 is 1.97 bits per heavy atom. The summed E-state index contributed by atoms with van der Waals surface area (Å²) in [7, 11) is 0. The third-order valence-electron chi connectivity index (χ3n) is 5.73. The van der Waals surface area contributed by atoms with Crippen molar-refractivity contribution >= 4 is 17.5 Å². The van der Waals surface area contributed by atoms with Gasteiger partial charge in [-0.2, -0.15) is 5.10 Å². The highest BCUT2D eigenvalue weighted by Crippen LogP contribution is 2.24. The van der Waals surface area contributed by atoms with Crippen LogP contribution in [0.25, 0.3) is 11.3 Å². The molecule has 3 aromatic rings. The zero-order valence-electron chi connectivity index (χ0n) is 17.2. The second kappa shape index (κ2) is 8.49. The fourth-order valence-electron chi connectivity index (χ4n) is 3.77. The van der Waals surface area contributed by atoms with Crippen molar-refractivity contribution in [1.82, 2.24) is 20.1 Å². The van der Waals surface area contributed by atoms with Gasteiger partial charge >= 0.3 is 0 Å². The molecule has 0 spiro atoms. The topological polar surface area (TPSA) is 91.0 Å². The number of benzene rings is 1. The highest BCUT2D eigenvalue weighted by atomic mass is 16.2. The Morgan fingerprint density at radius 3 is 2.77 bits per heavy atom. The van der Waals surface area contributed by atoms with Crippen molar-refractivity contribution in [3.05, 3.63) is 65.6 Å². The van der Waals surface area contributed by atoms with Gasteiger partial charge in [0.25, 0.3) is 5.91 Å². The van der Waals surface area contributed by atoms with Gasteiger partial charge in [-0.3, -0.25) is 19.7 Å². The van der Waals surface area contributed by atoms with Crippen LogP contribution < -0.4 is 5.32 Å². The van der Waals surface area contributed by atoms with Gasteiger partial charge in [-0.1, -0.05) is 12.1 Å². The number of likely N-dealkylation sites (tertiary alicyclic amines) is 1. The van der Waals surface area contributed by atoms with Crippen LogP contribution in [0.15, 0.2) is 48.8 Å². The zero-order valence-corrected chi connectivity index (χ0v) is 17.2. The van der Waals surface area contributed by atoms with Crippen LogP contribution in [0, 0.1) is 19.8 Å². The van der Waals surface area contributed by atoms with E-state index in [1.165, 1.54) is 0 Å². The predicted molar refractivity (Wildman–Crippen MR) is 115 cm³/mol. The van der Waals surface area contributed by atoms with Crippen LogP contribution in [-0.4, -0.2) is 45.0 Å². The molecule has 1 aliphatic heterocycles. The molecule has 1 saturated heterocycles. The summed E-state index contributed by atoms with van der Waals surface area (Å²) in [4.78, 5) is 31.6. The maximum Gasteiger partial charge on any atom is 0.271 e. The molecular formula is C23H25N5O2. The van der Waals surface area contributed by atoms with E-state index in [2.05, 4.69) is 20.5 Å². The second-order valence-electron chi connectivity index (χ2n) is 7.73. The monoisotopic (exact) mass is 403 g/mol. The summed E-state index contributed by atoms with van der Waals surface area (Å²) < 4.78 is 0. The van der Waals surface area contributed by atoms with E-state index < -0.39 is 0 Å². The van der Waals surface area contributed by atoms with Crippen molar-refractivity contribution < 1.29 is 9.59 Å². The summed E-state index contributed by atoms with van der Waals surface area (Å²) >= 11 is 0. The van der Waals surface area contributed by atoms with Crippen LogP contribution in [0.3, 0.4) is 0 Å². The Balaban J connectivity index is 1.43. The number of nitrogens with zero attached hydrogens (tertiary/aromatic N) is 3. The number of rotatable bonds is 4. The minimum absolute atomic E-state index is 0.0386. The third-order valence-corrected chi connectivity index (χ3v) is 5.73. The Labute approximate surface area is 175 Å². The number of pyridine rings is 1. The maximum atomic E-state index is 13.0. The molecule has 1 atom stereocenters. The Hall–Kier alpha value is -3.48. The van der Waals surface area contributed by atoms with E-state index in [0.29, 0.717) is 24.5 Å². The Bertz CT molecular complexity index is 1060. The van der Waals surface area contributed by atoms with Crippen LogP contribution in [0.2, 0.25) is 0 Å². The number of hydrogen-bond acceptors (Lipinski definition) is 4. The normalized spacial score (nSPS) is 16.3. The number of aromatic nitrogens is 3. The molecule has 154 valence electrons. The number of H-pyrrole nitrogens is 1. The fourth-order valence-corrected chi connectivity index (χ4v) is 3.77. The summed E-state index contributed by atoms with van der Waals surface area (Å²) in [5.41, 5.74) is 5.05. The van der Waals surface area contributed by atoms with Gasteiger partial charge in [0.2, 0.25) is 5.91 Å². The van der Waals surface area contributed by atoms with E-state index in [-0.39, 0.29) is 17.7 Å². The van der Waals surface area contributed by atoms with Crippen LogP contribution in [0.4, 0.5) is 5.69 Å². The molecule has 3 heterocycles. The van der Waals surface area contributed by atoms with Crippen molar-refractivity contribution in [2.24, 2.45) is 5.92 Å². The molecule has 2 aromatic heterocycles. The summed E-state index contributed by atoms with van der Waals surface area (Å²) in [6.45, 7) is 5.06. The summed E-state index contributed by atoms with van der Waals surface area (Å²) in [5, 5.41) is 10.1. The molecule has 0 aliphatic carbocycles. The highest BCUT2D eigenvalue weighted by Gasteiger charge is 2.30. The summed E-state index contributed by atoms with van der Waals surface area (Å²) in [6.07, 6.45) is 4.94.